The number of nitrogens with one attached hydrogen (secondary N) is 1. The Labute approximate surface area is 149 Å². The van der Waals surface area contributed by atoms with Crippen molar-refractivity contribution in [3.05, 3.63) is 74.6 Å². The van der Waals surface area contributed by atoms with E-state index in [0.717, 1.165) is 10.1 Å². The molecule has 3 aromatic rings. The fraction of sp³-hybridized carbons (Fsp3) is 0.263. The Morgan fingerprint density at radius 3 is 2.54 bits per heavy atom. The standard InChI is InChI=1S/C19H20N4O3/c1-12(13-7-5-4-6-8-13)10-21-17(24)14-9-15-16(20-11-14)22(2)19(26)23(3)18(15)25/h4-9,11-12H,10H2,1-3H3,(H,21,24)/t12-/m1/s1. The van der Waals surface area contributed by atoms with E-state index in [9.17, 15) is 14.4 Å². The van der Waals surface area contributed by atoms with Gasteiger partial charge in [-0.15, -0.1) is 0 Å². The van der Waals surface area contributed by atoms with Gasteiger partial charge in [0.25, 0.3) is 11.5 Å². The molecule has 1 atom stereocenters. The van der Waals surface area contributed by atoms with Gasteiger partial charge >= 0.3 is 5.69 Å². The van der Waals surface area contributed by atoms with Crippen molar-refractivity contribution in [3.63, 3.8) is 0 Å². The monoisotopic (exact) mass is 352 g/mol. The minimum atomic E-state index is -0.470. The molecule has 7 nitrogen and oxygen atoms in total. The number of carbonyl (C=O) groups excluding carboxylic acids is 1. The van der Waals surface area contributed by atoms with Crippen LogP contribution in [0.2, 0.25) is 0 Å². The third-order valence-corrected chi connectivity index (χ3v) is 4.49. The first-order chi connectivity index (χ1) is 12.4. The number of hydrogen-bond acceptors (Lipinski definition) is 4. The highest BCUT2D eigenvalue weighted by molar-refractivity contribution is 5.96. The SMILES string of the molecule is C[C@H](CNC(=O)c1cnc2c(c1)c(=O)n(C)c(=O)n2C)c1ccccc1. The molecule has 0 aliphatic heterocycles. The molecule has 0 aliphatic rings. The second-order valence-electron chi connectivity index (χ2n) is 6.32. The lowest BCUT2D eigenvalue weighted by atomic mass is 10.0. The highest BCUT2D eigenvalue weighted by atomic mass is 16.2. The van der Waals surface area contributed by atoms with E-state index in [2.05, 4.69) is 10.3 Å². The van der Waals surface area contributed by atoms with E-state index in [1.54, 1.807) is 7.05 Å². The maximum Gasteiger partial charge on any atom is 0.332 e. The molecule has 0 unspecified atom stereocenters. The Hall–Kier alpha value is -3.22. The van der Waals surface area contributed by atoms with Gasteiger partial charge in [0.15, 0.2) is 0 Å². The van der Waals surface area contributed by atoms with Crippen LogP contribution in [0.25, 0.3) is 11.0 Å². The van der Waals surface area contributed by atoms with E-state index < -0.39 is 11.2 Å². The molecule has 0 bridgehead atoms. The van der Waals surface area contributed by atoms with Crippen molar-refractivity contribution >= 4 is 16.9 Å². The Balaban J connectivity index is 1.85. The summed E-state index contributed by atoms with van der Waals surface area (Å²) in [5.41, 5.74) is 0.751. The van der Waals surface area contributed by atoms with Crippen molar-refractivity contribution in [3.8, 4) is 0 Å². The number of nitrogens with zero attached hydrogens (tertiary/aromatic N) is 3. The molecule has 0 saturated carbocycles. The van der Waals surface area contributed by atoms with Gasteiger partial charge in [-0.1, -0.05) is 37.3 Å². The first-order valence-corrected chi connectivity index (χ1v) is 8.29. The first-order valence-electron chi connectivity index (χ1n) is 8.29. The first kappa shape index (κ1) is 17.6. The molecule has 0 aliphatic carbocycles. The van der Waals surface area contributed by atoms with Crippen molar-refractivity contribution in [2.45, 2.75) is 12.8 Å². The Morgan fingerprint density at radius 2 is 1.85 bits per heavy atom. The molecule has 0 spiro atoms. The number of fused-ring (bicyclic) bond motifs is 1. The zero-order valence-corrected chi connectivity index (χ0v) is 14.9. The number of aryl methyl sites for hydroxylation is 1. The smallest absolute Gasteiger partial charge is 0.332 e. The third kappa shape index (κ3) is 3.15. The zero-order valence-electron chi connectivity index (χ0n) is 14.9. The predicted molar refractivity (Wildman–Crippen MR) is 99.4 cm³/mol. The molecule has 0 fully saturated rings. The number of aromatic nitrogens is 3. The van der Waals surface area contributed by atoms with Gasteiger partial charge in [0.2, 0.25) is 0 Å². The van der Waals surface area contributed by atoms with Gasteiger partial charge in [-0.3, -0.25) is 18.7 Å². The van der Waals surface area contributed by atoms with E-state index >= 15 is 0 Å². The average molecular weight is 352 g/mol. The molecule has 0 saturated heterocycles. The summed E-state index contributed by atoms with van der Waals surface area (Å²) in [6.45, 7) is 2.49. The number of rotatable bonds is 4. The number of amides is 1. The third-order valence-electron chi connectivity index (χ3n) is 4.49. The minimum Gasteiger partial charge on any atom is -0.351 e. The zero-order chi connectivity index (χ0) is 18.8. The molecular formula is C19H20N4O3. The molecule has 134 valence electrons. The van der Waals surface area contributed by atoms with Crippen LogP contribution in [0.3, 0.4) is 0 Å². The van der Waals surface area contributed by atoms with E-state index in [-0.39, 0.29) is 28.4 Å². The van der Waals surface area contributed by atoms with Crippen molar-refractivity contribution in [1.29, 1.82) is 0 Å². The minimum absolute atomic E-state index is 0.155. The fourth-order valence-corrected chi connectivity index (χ4v) is 2.84. The van der Waals surface area contributed by atoms with Gasteiger partial charge in [-0.05, 0) is 17.5 Å². The maximum absolute atomic E-state index is 12.4. The van der Waals surface area contributed by atoms with Crippen LogP contribution in [0.4, 0.5) is 0 Å². The molecule has 26 heavy (non-hydrogen) atoms. The highest BCUT2D eigenvalue weighted by Crippen LogP contribution is 2.13. The van der Waals surface area contributed by atoms with Crippen molar-refractivity contribution < 1.29 is 4.79 Å². The number of benzene rings is 1. The van der Waals surface area contributed by atoms with E-state index in [1.165, 1.54) is 23.9 Å². The van der Waals surface area contributed by atoms with Gasteiger partial charge < -0.3 is 5.32 Å². The number of carbonyl (C=O) groups is 1. The second kappa shape index (κ2) is 6.95. The molecule has 2 aromatic heterocycles. The molecular weight excluding hydrogens is 332 g/mol. The largest absolute Gasteiger partial charge is 0.351 e. The normalized spacial score (nSPS) is 12.1. The van der Waals surface area contributed by atoms with Crippen molar-refractivity contribution in [2.75, 3.05) is 6.54 Å². The van der Waals surface area contributed by atoms with Crippen LogP contribution in [-0.4, -0.2) is 26.6 Å². The predicted octanol–water partition coefficient (Wildman–Crippen LogP) is 1.17. The summed E-state index contributed by atoms with van der Waals surface area (Å²) in [7, 11) is 2.94. The van der Waals surface area contributed by atoms with Crippen LogP contribution in [0.15, 0.2) is 52.2 Å². The Bertz CT molecular complexity index is 1080. The molecule has 0 radical (unpaired) electrons. The molecule has 3 rings (SSSR count). The average Bonchev–Trinajstić information content (AvgIpc) is 2.68. The lowest BCUT2D eigenvalue weighted by Crippen LogP contribution is -2.37. The van der Waals surface area contributed by atoms with Gasteiger partial charge in [-0.25, -0.2) is 9.78 Å². The Kier molecular flexibility index (Phi) is 4.71. The van der Waals surface area contributed by atoms with Gasteiger partial charge in [-0.2, -0.15) is 0 Å². The van der Waals surface area contributed by atoms with Crippen LogP contribution in [0.1, 0.15) is 28.8 Å². The lowest BCUT2D eigenvalue weighted by molar-refractivity contribution is 0.0951. The quantitative estimate of drug-likeness (QED) is 0.764. The fourth-order valence-electron chi connectivity index (χ4n) is 2.84. The summed E-state index contributed by atoms with van der Waals surface area (Å²) in [5.74, 6) is -0.152. The second-order valence-corrected chi connectivity index (χ2v) is 6.32. The van der Waals surface area contributed by atoms with E-state index in [0.29, 0.717) is 6.54 Å². The molecule has 1 N–H and O–H groups in total. The Morgan fingerprint density at radius 1 is 1.15 bits per heavy atom. The lowest BCUT2D eigenvalue weighted by Gasteiger charge is -2.13. The van der Waals surface area contributed by atoms with Crippen LogP contribution in [0.5, 0.6) is 0 Å². The van der Waals surface area contributed by atoms with Gasteiger partial charge in [0.05, 0.1) is 10.9 Å². The highest BCUT2D eigenvalue weighted by Gasteiger charge is 2.14. The van der Waals surface area contributed by atoms with Gasteiger partial charge in [0.1, 0.15) is 5.65 Å². The van der Waals surface area contributed by atoms with Crippen molar-refractivity contribution in [1.82, 2.24) is 19.4 Å². The van der Waals surface area contributed by atoms with Crippen LogP contribution >= 0.6 is 0 Å². The number of hydrogen-bond donors (Lipinski definition) is 1. The summed E-state index contributed by atoms with van der Waals surface area (Å²) in [4.78, 5) is 40.8. The van der Waals surface area contributed by atoms with Gasteiger partial charge in [0, 0.05) is 26.8 Å². The molecule has 2 heterocycles. The van der Waals surface area contributed by atoms with Crippen LogP contribution < -0.4 is 16.6 Å². The summed E-state index contributed by atoms with van der Waals surface area (Å²) >= 11 is 0. The molecule has 1 amide bonds. The maximum atomic E-state index is 12.4. The summed E-state index contributed by atoms with van der Waals surface area (Å²) in [6.07, 6.45) is 1.38. The summed E-state index contributed by atoms with van der Waals surface area (Å²) in [6, 6.07) is 11.4. The van der Waals surface area contributed by atoms with E-state index in [4.69, 9.17) is 0 Å². The van der Waals surface area contributed by atoms with Crippen LogP contribution in [-0.2, 0) is 14.1 Å². The summed E-state index contributed by atoms with van der Waals surface area (Å²) in [5, 5.41) is 3.10. The van der Waals surface area contributed by atoms with Crippen molar-refractivity contribution in [2.24, 2.45) is 14.1 Å². The van der Waals surface area contributed by atoms with E-state index in [1.807, 2.05) is 37.3 Å². The molecule has 7 heteroatoms. The number of pyridine rings is 1. The topological polar surface area (TPSA) is 86.0 Å². The summed E-state index contributed by atoms with van der Waals surface area (Å²) < 4.78 is 2.29. The van der Waals surface area contributed by atoms with Crippen LogP contribution in [0, 0.1) is 0 Å². The molecule has 1 aromatic carbocycles.